The van der Waals surface area contributed by atoms with E-state index >= 15 is 0 Å². The fourth-order valence-corrected chi connectivity index (χ4v) is 2.15. The largest absolute Gasteiger partial charge is 0.444 e. The number of nitrogen functional groups attached to an aromatic ring is 1. The number of benzene rings is 1. The molecule has 0 saturated heterocycles. The van der Waals surface area contributed by atoms with E-state index < -0.39 is 0 Å². The molecule has 1 aromatic heterocycles. The molecule has 0 spiro atoms. The molecular formula is C13H14BrN3O2. The fraction of sp³-hybridized carbons (Fsp3) is 0.231. The van der Waals surface area contributed by atoms with Crippen molar-refractivity contribution in [2.75, 3.05) is 5.73 Å². The SMILES string of the molecule is Cc1cnc(CNC(=O)c2cc(Br)cc(N)c2C)o1. The molecule has 0 aliphatic carbocycles. The number of aryl methyl sites for hydroxylation is 1. The molecule has 1 amide bonds. The number of carbonyl (C=O) groups is 1. The van der Waals surface area contributed by atoms with Crippen molar-refractivity contribution < 1.29 is 9.21 Å². The first-order valence-electron chi connectivity index (χ1n) is 5.72. The number of halogens is 1. The molecule has 2 aromatic rings. The maximum atomic E-state index is 12.1. The van der Waals surface area contributed by atoms with E-state index in [1.165, 1.54) is 0 Å². The van der Waals surface area contributed by atoms with Crippen LogP contribution in [0.4, 0.5) is 5.69 Å². The lowest BCUT2D eigenvalue weighted by Crippen LogP contribution is -2.24. The molecule has 2 rings (SSSR count). The number of anilines is 1. The van der Waals surface area contributed by atoms with E-state index in [1.54, 1.807) is 25.3 Å². The summed E-state index contributed by atoms with van der Waals surface area (Å²) in [6.45, 7) is 3.86. The number of nitrogens with zero attached hydrogens (tertiary/aromatic N) is 1. The summed E-state index contributed by atoms with van der Waals surface area (Å²) in [5.41, 5.74) is 7.70. The molecule has 0 bridgehead atoms. The van der Waals surface area contributed by atoms with Crippen LogP contribution >= 0.6 is 15.9 Å². The molecule has 0 aliphatic heterocycles. The van der Waals surface area contributed by atoms with E-state index in [0.29, 0.717) is 22.9 Å². The second kappa shape index (κ2) is 5.44. The standard InChI is InChI=1S/C13H14BrN3O2/c1-7-5-16-12(19-7)6-17-13(18)10-3-9(14)4-11(15)8(10)2/h3-5H,6,15H2,1-2H3,(H,17,18). The Kier molecular flexibility index (Phi) is 3.90. The molecule has 19 heavy (non-hydrogen) atoms. The summed E-state index contributed by atoms with van der Waals surface area (Å²) in [4.78, 5) is 16.1. The first-order chi connectivity index (χ1) is 8.97. The van der Waals surface area contributed by atoms with Crippen LogP contribution in [0.5, 0.6) is 0 Å². The minimum Gasteiger partial charge on any atom is -0.444 e. The molecule has 1 aromatic carbocycles. The smallest absolute Gasteiger partial charge is 0.252 e. The average Bonchev–Trinajstić information content (AvgIpc) is 2.76. The van der Waals surface area contributed by atoms with Gasteiger partial charge in [-0.15, -0.1) is 0 Å². The maximum absolute atomic E-state index is 12.1. The van der Waals surface area contributed by atoms with Crippen molar-refractivity contribution in [1.82, 2.24) is 10.3 Å². The summed E-state index contributed by atoms with van der Waals surface area (Å²) < 4.78 is 6.06. The summed E-state index contributed by atoms with van der Waals surface area (Å²) in [5, 5.41) is 2.75. The van der Waals surface area contributed by atoms with Gasteiger partial charge in [-0.3, -0.25) is 4.79 Å². The Morgan fingerprint density at radius 2 is 2.21 bits per heavy atom. The molecule has 5 nitrogen and oxygen atoms in total. The number of hydrogen-bond donors (Lipinski definition) is 2. The van der Waals surface area contributed by atoms with Gasteiger partial charge >= 0.3 is 0 Å². The van der Waals surface area contributed by atoms with Gasteiger partial charge in [0.1, 0.15) is 5.76 Å². The first kappa shape index (κ1) is 13.6. The Balaban J connectivity index is 2.12. The first-order valence-corrected chi connectivity index (χ1v) is 6.52. The van der Waals surface area contributed by atoms with E-state index in [2.05, 4.69) is 26.2 Å². The van der Waals surface area contributed by atoms with Gasteiger partial charge in [0, 0.05) is 15.7 Å². The summed E-state index contributed by atoms with van der Waals surface area (Å²) in [5.74, 6) is 0.986. The van der Waals surface area contributed by atoms with Crippen molar-refractivity contribution in [3.63, 3.8) is 0 Å². The molecule has 3 N–H and O–H groups in total. The zero-order valence-corrected chi connectivity index (χ0v) is 12.2. The highest BCUT2D eigenvalue weighted by atomic mass is 79.9. The summed E-state index contributed by atoms with van der Waals surface area (Å²) in [6.07, 6.45) is 1.61. The quantitative estimate of drug-likeness (QED) is 0.850. The van der Waals surface area contributed by atoms with E-state index in [1.807, 2.05) is 6.92 Å². The average molecular weight is 324 g/mol. The number of amides is 1. The maximum Gasteiger partial charge on any atom is 0.252 e. The molecule has 0 aliphatic rings. The van der Waals surface area contributed by atoms with E-state index in [9.17, 15) is 4.79 Å². The van der Waals surface area contributed by atoms with E-state index in [0.717, 1.165) is 10.0 Å². The van der Waals surface area contributed by atoms with Gasteiger partial charge in [-0.1, -0.05) is 15.9 Å². The summed E-state index contributed by atoms with van der Waals surface area (Å²) in [7, 11) is 0. The number of nitrogens with two attached hydrogens (primary N) is 1. The van der Waals surface area contributed by atoms with Gasteiger partial charge < -0.3 is 15.5 Å². The van der Waals surface area contributed by atoms with Crippen LogP contribution in [-0.2, 0) is 6.54 Å². The minimum absolute atomic E-state index is 0.207. The number of oxazole rings is 1. The monoisotopic (exact) mass is 323 g/mol. The van der Waals surface area contributed by atoms with Crippen LogP contribution < -0.4 is 11.1 Å². The Bertz CT molecular complexity index is 622. The highest BCUT2D eigenvalue weighted by Gasteiger charge is 2.13. The van der Waals surface area contributed by atoms with Gasteiger partial charge in [0.25, 0.3) is 5.91 Å². The van der Waals surface area contributed by atoms with Crippen LogP contribution in [0, 0.1) is 13.8 Å². The van der Waals surface area contributed by atoms with Gasteiger partial charge in [-0.05, 0) is 31.5 Å². The lowest BCUT2D eigenvalue weighted by molar-refractivity contribution is 0.0946. The van der Waals surface area contributed by atoms with Crippen LogP contribution in [0.1, 0.15) is 27.6 Å². The topological polar surface area (TPSA) is 81.2 Å². The van der Waals surface area contributed by atoms with E-state index in [-0.39, 0.29) is 12.5 Å². The number of hydrogen-bond acceptors (Lipinski definition) is 4. The Labute approximate surface area is 119 Å². The van der Waals surface area contributed by atoms with Crippen molar-refractivity contribution in [2.45, 2.75) is 20.4 Å². The summed E-state index contributed by atoms with van der Waals surface area (Å²) >= 11 is 3.32. The van der Waals surface area contributed by atoms with Crippen molar-refractivity contribution in [1.29, 1.82) is 0 Å². The fourth-order valence-electron chi connectivity index (χ4n) is 1.67. The predicted molar refractivity (Wildman–Crippen MR) is 75.7 cm³/mol. The highest BCUT2D eigenvalue weighted by molar-refractivity contribution is 9.10. The second-order valence-electron chi connectivity index (χ2n) is 4.21. The van der Waals surface area contributed by atoms with Crippen molar-refractivity contribution in [3.8, 4) is 0 Å². The minimum atomic E-state index is -0.207. The third-order valence-corrected chi connectivity index (χ3v) is 3.18. The van der Waals surface area contributed by atoms with Gasteiger partial charge in [0.05, 0.1) is 12.7 Å². The van der Waals surface area contributed by atoms with Gasteiger partial charge in [-0.2, -0.15) is 0 Å². The molecular weight excluding hydrogens is 310 g/mol. The van der Waals surface area contributed by atoms with Gasteiger partial charge in [0.2, 0.25) is 5.89 Å². The molecule has 100 valence electrons. The van der Waals surface area contributed by atoms with Crippen molar-refractivity contribution in [2.24, 2.45) is 0 Å². The normalized spacial score (nSPS) is 10.5. The van der Waals surface area contributed by atoms with Crippen LogP contribution in [0.3, 0.4) is 0 Å². The predicted octanol–water partition coefficient (Wildman–Crippen LogP) is 2.57. The highest BCUT2D eigenvalue weighted by Crippen LogP contribution is 2.22. The zero-order valence-electron chi connectivity index (χ0n) is 10.7. The Hall–Kier alpha value is -1.82. The lowest BCUT2D eigenvalue weighted by Gasteiger charge is -2.09. The van der Waals surface area contributed by atoms with E-state index in [4.69, 9.17) is 10.2 Å². The third kappa shape index (κ3) is 3.14. The summed E-state index contributed by atoms with van der Waals surface area (Å²) in [6, 6.07) is 3.51. The Morgan fingerprint density at radius 3 is 2.84 bits per heavy atom. The molecule has 0 radical (unpaired) electrons. The van der Waals surface area contributed by atoms with Crippen LogP contribution in [0.2, 0.25) is 0 Å². The number of aromatic nitrogens is 1. The van der Waals surface area contributed by atoms with Crippen LogP contribution in [0.15, 0.2) is 27.2 Å². The molecule has 6 heteroatoms. The lowest BCUT2D eigenvalue weighted by atomic mass is 10.1. The third-order valence-electron chi connectivity index (χ3n) is 2.73. The van der Waals surface area contributed by atoms with Crippen molar-refractivity contribution >= 4 is 27.5 Å². The van der Waals surface area contributed by atoms with Crippen molar-refractivity contribution in [3.05, 3.63) is 45.6 Å². The number of nitrogens with one attached hydrogen (secondary N) is 1. The molecule has 1 heterocycles. The van der Waals surface area contributed by atoms with Crippen LogP contribution in [0.25, 0.3) is 0 Å². The molecule has 0 fully saturated rings. The number of carbonyl (C=O) groups excluding carboxylic acids is 1. The zero-order chi connectivity index (χ0) is 14.0. The molecule has 0 saturated carbocycles. The Morgan fingerprint density at radius 1 is 1.47 bits per heavy atom. The van der Waals surface area contributed by atoms with Gasteiger partial charge in [0.15, 0.2) is 0 Å². The molecule has 0 atom stereocenters. The molecule has 0 unspecified atom stereocenters. The van der Waals surface area contributed by atoms with Crippen LogP contribution in [-0.4, -0.2) is 10.9 Å². The van der Waals surface area contributed by atoms with Gasteiger partial charge in [-0.25, -0.2) is 4.98 Å². The number of rotatable bonds is 3. The second-order valence-corrected chi connectivity index (χ2v) is 5.13.